The fourth-order valence-electron chi connectivity index (χ4n) is 4.68. The predicted molar refractivity (Wildman–Crippen MR) is 135 cm³/mol. The first-order valence-electron chi connectivity index (χ1n) is 12.5. The molecule has 198 valence electrons. The lowest BCUT2D eigenvalue weighted by molar-refractivity contribution is -0.139. The van der Waals surface area contributed by atoms with Gasteiger partial charge in [0.2, 0.25) is 0 Å². The standard InChI is InChI=1S/C26H38FN5O4/c1-7-31-20(16-30-12-13-32(17(3)15-30)25(35)29-26(4,5)6)21(23(33)36-8-2)22(28-24(31)34)18-10-9-11-19(27)14-18/h9-11,14,17,22H,7-8,12-13,15-16H2,1-6H3,(H,28,34)(H,29,35). The zero-order chi connectivity index (χ0) is 26.6. The van der Waals surface area contributed by atoms with E-state index in [2.05, 4.69) is 15.5 Å². The Balaban J connectivity index is 1.93. The number of benzene rings is 1. The molecule has 1 saturated heterocycles. The highest BCUT2D eigenvalue weighted by Crippen LogP contribution is 2.32. The van der Waals surface area contributed by atoms with E-state index < -0.39 is 17.8 Å². The quantitative estimate of drug-likeness (QED) is 0.582. The topological polar surface area (TPSA) is 94.2 Å². The first kappa shape index (κ1) is 27.4. The number of piperazine rings is 1. The molecule has 0 saturated carbocycles. The molecule has 9 nitrogen and oxygen atoms in total. The number of esters is 1. The van der Waals surface area contributed by atoms with Crippen molar-refractivity contribution in [3.05, 3.63) is 46.9 Å². The molecule has 2 N–H and O–H groups in total. The summed E-state index contributed by atoms with van der Waals surface area (Å²) in [7, 11) is 0. The molecule has 2 heterocycles. The van der Waals surface area contributed by atoms with Crippen molar-refractivity contribution in [1.82, 2.24) is 25.3 Å². The number of carbonyl (C=O) groups is 3. The molecule has 1 aromatic carbocycles. The molecule has 0 aromatic heterocycles. The van der Waals surface area contributed by atoms with E-state index in [-0.39, 0.29) is 30.2 Å². The van der Waals surface area contributed by atoms with Gasteiger partial charge in [-0.05, 0) is 59.2 Å². The highest BCUT2D eigenvalue weighted by Gasteiger charge is 2.39. The largest absolute Gasteiger partial charge is 0.463 e. The van der Waals surface area contributed by atoms with Gasteiger partial charge in [0.15, 0.2) is 0 Å². The highest BCUT2D eigenvalue weighted by atomic mass is 19.1. The van der Waals surface area contributed by atoms with E-state index in [0.29, 0.717) is 49.6 Å². The molecule has 10 heteroatoms. The molecule has 0 radical (unpaired) electrons. The fourth-order valence-corrected chi connectivity index (χ4v) is 4.68. The summed E-state index contributed by atoms with van der Waals surface area (Å²) in [5.41, 5.74) is 0.964. The normalized spacial score (nSPS) is 21.4. The van der Waals surface area contributed by atoms with Crippen LogP contribution < -0.4 is 10.6 Å². The molecule has 0 spiro atoms. The second-order valence-corrected chi connectivity index (χ2v) is 10.2. The maximum absolute atomic E-state index is 14.1. The highest BCUT2D eigenvalue weighted by molar-refractivity contribution is 5.95. The van der Waals surface area contributed by atoms with Gasteiger partial charge in [0, 0.05) is 50.0 Å². The summed E-state index contributed by atoms with van der Waals surface area (Å²) in [6.07, 6.45) is 0. The summed E-state index contributed by atoms with van der Waals surface area (Å²) in [6, 6.07) is 4.50. The molecule has 3 rings (SSSR count). The number of hydrogen-bond donors (Lipinski definition) is 2. The van der Waals surface area contributed by atoms with Crippen molar-refractivity contribution in [2.24, 2.45) is 0 Å². The number of halogens is 1. The lowest BCUT2D eigenvalue weighted by Crippen LogP contribution is -2.59. The lowest BCUT2D eigenvalue weighted by Gasteiger charge is -2.43. The molecule has 2 atom stereocenters. The smallest absolute Gasteiger partial charge is 0.338 e. The van der Waals surface area contributed by atoms with Crippen LogP contribution in [0.4, 0.5) is 14.0 Å². The Hall–Kier alpha value is -3.14. The zero-order valence-electron chi connectivity index (χ0n) is 22.1. The number of ether oxygens (including phenoxy) is 1. The molecular weight excluding hydrogens is 465 g/mol. The molecule has 2 aliphatic rings. The number of carbonyl (C=O) groups excluding carboxylic acids is 3. The van der Waals surface area contributed by atoms with Crippen molar-refractivity contribution in [3.8, 4) is 0 Å². The third-order valence-electron chi connectivity index (χ3n) is 6.26. The number of likely N-dealkylation sites (N-methyl/N-ethyl adjacent to an activating group) is 1. The number of amides is 4. The maximum Gasteiger partial charge on any atom is 0.338 e. The van der Waals surface area contributed by atoms with E-state index in [1.165, 1.54) is 17.0 Å². The van der Waals surface area contributed by atoms with Crippen molar-refractivity contribution in [1.29, 1.82) is 0 Å². The summed E-state index contributed by atoms with van der Waals surface area (Å²) >= 11 is 0. The van der Waals surface area contributed by atoms with Gasteiger partial charge < -0.3 is 20.3 Å². The summed E-state index contributed by atoms with van der Waals surface area (Å²) in [4.78, 5) is 44.5. The summed E-state index contributed by atoms with van der Waals surface area (Å²) in [6.45, 7) is 13.9. The van der Waals surface area contributed by atoms with Crippen molar-refractivity contribution in [3.63, 3.8) is 0 Å². The minimum atomic E-state index is -0.832. The Morgan fingerprint density at radius 3 is 2.53 bits per heavy atom. The van der Waals surface area contributed by atoms with Crippen LogP contribution in [0.15, 0.2) is 35.5 Å². The van der Waals surface area contributed by atoms with Crippen LogP contribution in [-0.4, -0.2) is 83.6 Å². The van der Waals surface area contributed by atoms with Crippen LogP contribution in [0.3, 0.4) is 0 Å². The molecule has 2 unspecified atom stereocenters. The molecule has 0 aliphatic carbocycles. The zero-order valence-corrected chi connectivity index (χ0v) is 22.1. The van der Waals surface area contributed by atoms with Crippen LogP contribution in [0.5, 0.6) is 0 Å². The molecule has 2 aliphatic heterocycles. The number of nitrogens with one attached hydrogen (secondary N) is 2. The van der Waals surface area contributed by atoms with Gasteiger partial charge >= 0.3 is 18.0 Å². The van der Waals surface area contributed by atoms with Crippen LogP contribution in [0.25, 0.3) is 0 Å². The van der Waals surface area contributed by atoms with Crippen molar-refractivity contribution >= 4 is 18.0 Å². The first-order chi connectivity index (χ1) is 16.9. The minimum Gasteiger partial charge on any atom is -0.463 e. The van der Waals surface area contributed by atoms with Gasteiger partial charge in [-0.15, -0.1) is 0 Å². The summed E-state index contributed by atoms with van der Waals surface area (Å²) < 4.78 is 19.4. The third kappa shape index (κ3) is 6.34. The van der Waals surface area contributed by atoms with Crippen molar-refractivity contribution in [2.45, 2.75) is 59.2 Å². The van der Waals surface area contributed by atoms with Gasteiger partial charge in [-0.25, -0.2) is 18.8 Å². The Morgan fingerprint density at radius 2 is 1.94 bits per heavy atom. The molecule has 1 fully saturated rings. The van der Waals surface area contributed by atoms with Gasteiger partial charge in [0.1, 0.15) is 5.82 Å². The fraction of sp³-hybridized carbons (Fsp3) is 0.577. The van der Waals surface area contributed by atoms with Gasteiger partial charge in [0.25, 0.3) is 0 Å². The van der Waals surface area contributed by atoms with Gasteiger partial charge in [-0.3, -0.25) is 9.80 Å². The lowest BCUT2D eigenvalue weighted by atomic mass is 9.94. The number of rotatable bonds is 6. The summed E-state index contributed by atoms with van der Waals surface area (Å²) in [5, 5.41) is 5.86. The average Bonchev–Trinajstić information content (AvgIpc) is 2.78. The van der Waals surface area contributed by atoms with E-state index in [1.54, 1.807) is 19.1 Å². The van der Waals surface area contributed by atoms with Crippen LogP contribution in [0.2, 0.25) is 0 Å². The monoisotopic (exact) mass is 503 g/mol. The van der Waals surface area contributed by atoms with Crippen LogP contribution in [0, 0.1) is 5.82 Å². The molecule has 1 aromatic rings. The number of nitrogens with zero attached hydrogens (tertiary/aromatic N) is 3. The van der Waals surface area contributed by atoms with Gasteiger partial charge in [-0.1, -0.05) is 12.1 Å². The third-order valence-corrected chi connectivity index (χ3v) is 6.26. The summed E-state index contributed by atoms with van der Waals surface area (Å²) in [5.74, 6) is -1.00. The number of urea groups is 2. The molecular formula is C26H38FN5O4. The first-order valence-corrected chi connectivity index (χ1v) is 12.5. The van der Waals surface area contributed by atoms with Crippen molar-refractivity contribution < 1.29 is 23.5 Å². The van der Waals surface area contributed by atoms with Crippen molar-refractivity contribution in [2.75, 3.05) is 39.3 Å². The van der Waals surface area contributed by atoms with E-state index in [1.807, 2.05) is 39.5 Å². The Bertz CT molecular complexity index is 1020. The van der Waals surface area contributed by atoms with Crippen LogP contribution in [0.1, 0.15) is 53.1 Å². The Morgan fingerprint density at radius 1 is 1.22 bits per heavy atom. The minimum absolute atomic E-state index is 0.0701. The molecule has 4 amide bonds. The van der Waals surface area contributed by atoms with Crippen LogP contribution >= 0.6 is 0 Å². The van der Waals surface area contributed by atoms with E-state index in [4.69, 9.17) is 4.74 Å². The second kappa shape index (κ2) is 11.3. The number of hydrogen-bond acceptors (Lipinski definition) is 5. The molecule has 36 heavy (non-hydrogen) atoms. The van der Waals surface area contributed by atoms with Gasteiger partial charge in [-0.2, -0.15) is 0 Å². The van der Waals surface area contributed by atoms with E-state index >= 15 is 0 Å². The van der Waals surface area contributed by atoms with Gasteiger partial charge in [0.05, 0.1) is 18.2 Å². The Labute approximate surface area is 212 Å². The maximum atomic E-state index is 14.1. The van der Waals surface area contributed by atoms with E-state index in [9.17, 15) is 18.8 Å². The second-order valence-electron chi connectivity index (χ2n) is 10.2. The van der Waals surface area contributed by atoms with E-state index in [0.717, 1.165) is 0 Å². The Kier molecular flexibility index (Phi) is 8.60. The predicted octanol–water partition coefficient (Wildman–Crippen LogP) is 3.24. The average molecular weight is 504 g/mol. The molecule has 0 bridgehead atoms. The van der Waals surface area contributed by atoms with Crippen LogP contribution in [-0.2, 0) is 9.53 Å². The SMILES string of the molecule is CCOC(=O)C1=C(CN2CCN(C(=O)NC(C)(C)C)C(C)C2)N(CC)C(=O)NC1c1cccc(F)c1.